The summed E-state index contributed by atoms with van der Waals surface area (Å²) in [6.07, 6.45) is 2.00. The van der Waals surface area contributed by atoms with Crippen molar-refractivity contribution in [1.82, 2.24) is 5.01 Å². The number of aryl methyl sites for hydroxylation is 1. The highest BCUT2D eigenvalue weighted by molar-refractivity contribution is 7.92. The van der Waals surface area contributed by atoms with Gasteiger partial charge in [0.15, 0.2) is 5.76 Å². The second kappa shape index (κ2) is 8.39. The fourth-order valence-corrected chi connectivity index (χ4v) is 4.06. The minimum absolute atomic E-state index is 0.00351. The van der Waals surface area contributed by atoms with Crippen molar-refractivity contribution in [2.45, 2.75) is 26.3 Å². The van der Waals surface area contributed by atoms with Gasteiger partial charge in [-0.05, 0) is 49.2 Å². The summed E-state index contributed by atoms with van der Waals surface area (Å²) in [4.78, 5) is 13.0. The minimum Gasteiger partial charge on any atom is -0.459 e. The molecular weight excluding hydrogens is 414 g/mol. The van der Waals surface area contributed by atoms with E-state index in [4.69, 9.17) is 4.42 Å². The number of hydrogen-bond acceptors (Lipinski definition) is 5. The van der Waals surface area contributed by atoms with Crippen LogP contribution in [0, 0.1) is 6.92 Å². The van der Waals surface area contributed by atoms with Crippen molar-refractivity contribution >= 4 is 27.3 Å². The van der Waals surface area contributed by atoms with E-state index in [0.717, 1.165) is 22.4 Å². The highest BCUT2D eigenvalue weighted by Crippen LogP contribution is 2.34. The Morgan fingerprint density at radius 3 is 2.45 bits per heavy atom. The lowest BCUT2D eigenvalue weighted by Gasteiger charge is -2.21. The zero-order chi connectivity index (χ0) is 22.0. The quantitative estimate of drug-likeness (QED) is 0.621. The molecule has 2 heterocycles. The number of nitrogens with zero attached hydrogens (tertiary/aromatic N) is 2. The van der Waals surface area contributed by atoms with Gasteiger partial charge in [-0.3, -0.25) is 9.52 Å². The molecule has 1 atom stereocenters. The molecule has 0 bridgehead atoms. The van der Waals surface area contributed by atoms with Crippen LogP contribution >= 0.6 is 0 Å². The van der Waals surface area contributed by atoms with Crippen molar-refractivity contribution in [2.75, 3.05) is 10.5 Å². The smallest absolute Gasteiger partial charge is 0.310 e. The normalized spacial score (nSPS) is 16.3. The highest BCUT2D eigenvalue weighted by Gasteiger charge is 2.34. The van der Waals surface area contributed by atoms with Crippen LogP contribution in [-0.4, -0.2) is 30.8 Å². The summed E-state index contributed by atoms with van der Waals surface area (Å²) in [7, 11) is -3.34. The maximum Gasteiger partial charge on any atom is 0.310 e. The predicted molar refractivity (Wildman–Crippen MR) is 119 cm³/mol. The Morgan fingerprint density at radius 2 is 1.84 bits per heavy atom. The molecule has 0 saturated carbocycles. The van der Waals surface area contributed by atoms with Crippen LogP contribution < -0.4 is 4.72 Å². The van der Waals surface area contributed by atoms with E-state index in [0.29, 0.717) is 12.1 Å². The lowest BCUT2D eigenvalue weighted by atomic mass is 9.97. The molecule has 0 saturated heterocycles. The Hall–Kier alpha value is -3.39. The molecule has 8 heteroatoms. The molecular formula is C23H23N3O4S. The summed E-state index contributed by atoms with van der Waals surface area (Å²) < 4.78 is 31.4. The van der Waals surface area contributed by atoms with E-state index in [2.05, 4.69) is 9.82 Å². The molecule has 0 unspecified atom stereocenters. The average molecular weight is 438 g/mol. The molecule has 1 aromatic heterocycles. The second-order valence-electron chi connectivity index (χ2n) is 7.39. The summed E-state index contributed by atoms with van der Waals surface area (Å²) in [5.74, 6) is -0.0758. The van der Waals surface area contributed by atoms with E-state index in [9.17, 15) is 13.2 Å². The van der Waals surface area contributed by atoms with Crippen LogP contribution in [0.25, 0.3) is 0 Å². The number of furan rings is 1. The zero-order valence-electron chi connectivity index (χ0n) is 17.3. The molecule has 0 aliphatic carbocycles. The molecule has 7 nitrogen and oxygen atoms in total. The summed E-state index contributed by atoms with van der Waals surface area (Å²) in [5, 5.41) is 6.08. The molecule has 1 aliphatic heterocycles. The molecule has 0 radical (unpaired) electrons. The van der Waals surface area contributed by atoms with Crippen LogP contribution in [0.2, 0.25) is 0 Å². The number of rotatable bonds is 6. The van der Waals surface area contributed by atoms with Crippen molar-refractivity contribution < 1.29 is 17.6 Å². The van der Waals surface area contributed by atoms with Gasteiger partial charge < -0.3 is 4.42 Å². The third kappa shape index (κ3) is 4.54. The zero-order valence-corrected chi connectivity index (χ0v) is 18.1. The van der Waals surface area contributed by atoms with Crippen LogP contribution in [0.5, 0.6) is 0 Å². The Morgan fingerprint density at radius 1 is 1.13 bits per heavy atom. The number of benzene rings is 2. The van der Waals surface area contributed by atoms with Gasteiger partial charge in [0.1, 0.15) is 0 Å². The number of hydrazone groups is 1. The lowest BCUT2D eigenvalue weighted by Crippen LogP contribution is -2.26. The van der Waals surface area contributed by atoms with Crippen molar-refractivity contribution in [2.24, 2.45) is 5.10 Å². The van der Waals surface area contributed by atoms with E-state index in [1.54, 1.807) is 43.3 Å². The first-order chi connectivity index (χ1) is 14.9. The standard InChI is InChI=1S/C23H23N3O4S/c1-3-31(28,29)25-19-12-10-17(11-13-19)20-15-21(18-8-6-16(2)7-9-18)26(24-20)23(27)22-5-4-14-30-22/h4-14,21,25H,3,15H2,1-2H3/t21-/m1/s1. The largest absolute Gasteiger partial charge is 0.459 e. The third-order valence-electron chi connectivity index (χ3n) is 5.18. The van der Waals surface area contributed by atoms with Gasteiger partial charge in [0.2, 0.25) is 10.0 Å². The number of hydrogen-bond donors (Lipinski definition) is 1. The van der Waals surface area contributed by atoms with Crippen LogP contribution in [-0.2, 0) is 10.0 Å². The first-order valence-corrected chi connectivity index (χ1v) is 11.6. The predicted octanol–water partition coefficient (Wildman–Crippen LogP) is 4.34. The van der Waals surface area contributed by atoms with Gasteiger partial charge in [-0.2, -0.15) is 5.10 Å². The van der Waals surface area contributed by atoms with Crippen molar-refractivity contribution in [3.63, 3.8) is 0 Å². The third-order valence-corrected chi connectivity index (χ3v) is 6.49. The van der Waals surface area contributed by atoms with Crippen LogP contribution in [0.1, 0.15) is 46.6 Å². The number of sulfonamides is 1. The minimum atomic E-state index is -3.34. The van der Waals surface area contributed by atoms with Crippen molar-refractivity contribution in [3.05, 3.63) is 89.4 Å². The molecule has 1 aliphatic rings. The van der Waals surface area contributed by atoms with Gasteiger partial charge in [-0.15, -0.1) is 0 Å². The Labute approximate surface area is 181 Å². The first kappa shape index (κ1) is 20.9. The average Bonchev–Trinajstić information content (AvgIpc) is 3.45. The van der Waals surface area contributed by atoms with Gasteiger partial charge in [-0.25, -0.2) is 13.4 Å². The first-order valence-electron chi connectivity index (χ1n) is 9.98. The molecule has 3 aromatic rings. The molecule has 4 rings (SSSR count). The monoisotopic (exact) mass is 437 g/mol. The maximum absolute atomic E-state index is 13.0. The fourth-order valence-electron chi connectivity index (χ4n) is 3.42. The van der Waals surface area contributed by atoms with Crippen LogP contribution in [0.3, 0.4) is 0 Å². The van der Waals surface area contributed by atoms with Crippen molar-refractivity contribution in [1.29, 1.82) is 0 Å². The summed E-state index contributed by atoms with van der Waals surface area (Å²) >= 11 is 0. The van der Waals surface area contributed by atoms with Gasteiger partial charge >= 0.3 is 5.91 Å². The topological polar surface area (TPSA) is 92.0 Å². The molecule has 160 valence electrons. The lowest BCUT2D eigenvalue weighted by molar-refractivity contribution is 0.0678. The number of carbonyl (C=O) groups excluding carboxylic acids is 1. The van der Waals surface area contributed by atoms with E-state index in [-0.39, 0.29) is 23.5 Å². The van der Waals surface area contributed by atoms with Gasteiger partial charge in [-0.1, -0.05) is 42.0 Å². The van der Waals surface area contributed by atoms with Crippen LogP contribution in [0.4, 0.5) is 5.69 Å². The molecule has 1 N–H and O–H groups in total. The van der Waals surface area contributed by atoms with E-state index < -0.39 is 10.0 Å². The molecule has 2 aromatic carbocycles. The number of anilines is 1. The Kier molecular flexibility index (Phi) is 5.65. The molecule has 0 fully saturated rings. The van der Waals surface area contributed by atoms with E-state index in [1.165, 1.54) is 11.3 Å². The summed E-state index contributed by atoms with van der Waals surface area (Å²) in [6, 6.07) is 18.1. The number of amides is 1. The molecule has 31 heavy (non-hydrogen) atoms. The van der Waals surface area contributed by atoms with Crippen LogP contribution in [0.15, 0.2) is 76.4 Å². The van der Waals surface area contributed by atoms with Gasteiger partial charge in [0.05, 0.1) is 23.8 Å². The van der Waals surface area contributed by atoms with E-state index in [1.807, 2.05) is 31.2 Å². The van der Waals surface area contributed by atoms with Gasteiger partial charge in [0.25, 0.3) is 0 Å². The maximum atomic E-state index is 13.0. The fraction of sp³-hybridized carbons (Fsp3) is 0.217. The van der Waals surface area contributed by atoms with Gasteiger partial charge in [0, 0.05) is 12.1 Å². The Balaban J connectivity index is 1.64. The highest BCUT2D eigenvalue weighted by atomic mass is 32.2. The number of nitrogens with one attached hydrogen (secondary N) is 1. The summed E-state index contributed by atoms with van der Waals surface area (Å²) in [5.41, 5.74) is 4.18. The number of carbonyl (C=O) groups is 1. The Bertz CT molecular complexity index is 1200. The molecule has 1 amide bonds. The van der Waals surface area contributed by atoms with E-state index >= 15 is 0 Å². The second-order valence-corrected chi connectivity index (χ2v) is 9.40. The molecule has 0 spiro atoms. The SMILES string of the molecule is CCS(=O)(=O)Nc1ccc(C2=NN(C(=O)c3ccco3)[C@@H](c3ccc(C)cc3)C2)cc1. The summed E-state index contributed by atoms with van der Waals surface area (Å²) in [6.45, 7) is 3.60. The van der Waals surface area contributed by atoms with Crippen molar-refractivity contribution in [3.8, 4) is 0 Å².